The number of hydrogen-bond donors (Lipinski definition) is 1. The van der Waals surface area contributed by atoms with Gasteiger partial charge in [0.05, 0.1) is 30.0 Å². The highest BCUT2D eigenvalue weighted by atomic mass is 35.5. The van der Waals surface area contributed by atoms with Gasteiger partial charge < -0.3 is 19.5 Å². The Bertz CT molecular complexity index is 1500. The average Bonchev–Trinajstić information content (AvgIpc) is 3.19. The zero-order chi connectivity index (χ0) is 27.0. The molecule has 1 N–H and O–H groups in total. The number of ketones is 1. The van der Waals surface area contributed by atoms with Crippen LogP contribution in [0.25, 0.3) is 5.70 Å². The summed E-state index contributed by atoms with van der Waals surface area (Å²) in [6, 6.07) is 19.0. The first-order valence-electron chi connectivity index (χ1n) is 12.4. The minimum Gasteiger partial charge on any atom is -0.493 e. The molecule has 0 aromatic heterocycles. The normalized spacial score (nSPS) is 16.1. The van der Waals surface area contributed by atoms with Gasteiger partial charge in [-0.1, -0.05) is 65.7 Å². The molecule has 194 valence electrons. The van der Waals surface area contributed by atoms with E-state index in [1.165, 1.54) is 7.11 Å². The van der Waals surface area contributed by atoms with Gasteiger partial charge in [-0.05, 0) is 44.0 Å². The van der Waals surface area contributed by atoms with Crippen LogP contribution in [0, 0.1) is 6.92 Å². The first-order chi connectivity index (χ1) is 18.3. The number of benzene rings is 3. The summed E-state index contributed by atoms with van der Waals surface area (Å²) < 4.78 is 17.2. The number of nitrogens with one attached hydrogen (secondary N) is 1. The number of dihydropyridines is 1. The van der Waals surface area contributed by atoms with Crippen LogP contribution in [0.1, 0.15) is 52.4 Å². The third-order valence-electron chi connectivity index (χ3n) is 6.83. The largest absolute Gasteiger partial charge is 0.493 e. The van der Waals surface area contributed by atoms with E-state index in [0.717, 1.165) is 16.7 Å². The Balaban J connectivity index is 1.60. The van der Waals surface area contributed by atoms with Crippen LogP contribution in [0.3, 0.4) is 0 Å². The predicted molar refractivity (Wildman–Crippen MR) is 146 cm³/mol. The first-order valence-corrected chi connectivity index (χ1v) is 12.8. The van der Waals surface area contributed by atoms with E-state index < -0.39 is 11.9 Å². The van der Waals surface area contributed by atoms with Crippen molar-refractivity contribution in [2.75, 3.05) is 13.7 Å². The lowest BCUT2D eigenvalue weighted by atomic mass is 9.79. The van der Waals surface area contributed by atoms with E-state index in [4.69, 9.17) is 25.8 Å². The number of rotatable bonds is 7. The fourth-order valence-electron chi connectivity index (χ4n) is 5.03. The molecule has 0 saturated heterocycles. The maximum Gasteiger partial charge on any atom is 0.336 e. The number of carbonyl (C=O) groups is 2. The average molecular weight is 530 g/mol. The number of Topliss-reactive ketones (excluding diaryl/α,β-unsaturated/α-hetero) is 1. The molecule has 7 heteroatoms. The fourth-order valence-corrected chi connectivity index (χ4v) is 5.30. The maximum absolute atomic E-state index is 13.7. The summed E-state index contributed by atoms with van der Waals surface area (Å²) in [6.45, 7) is 6.10. The second-order valence-corrected chi connectivity index (χ2v) is 9.70. The van der Waals surface area contributed by atoms with Crippen molar-refractivity contribution in [3.05, 3.63) is 110 Å². The van der Waals surface area contributed by atoms with Crippen LogP contribution in [0.2, 0.25) is 5.02 Å². The molecule has 0 radical (unpaired) electrons. The Hall–Kier alpha value is -4.03. The molecule has 3 aromatic carbocycles. The van der Waals surface area contributed by atoms with Gasteiger partial charge in [-0.3, -0.25) is 4.79 Å². The second kappa shape index (κ2) is 10.4. The van der Waals surface area contributed by atoms with Gasteiger partial charge in [-0.25, -0.2) is 4.79 Å². The summed E-state index contributed by atoms with van der Waals surface area (Å²) in [7, 11) is 1.53. The van der Waals surface area contributed by atoms with E-state index in [2.05, 4.69) is 5.32 Å². The molecule has 1 aliphatic heterocycles. The molecule has 1 atom stereocenters. The lowest BCUT2D eigenvalue weighted by Gasteiger charge is -2.29. The minimum absolute atomic E-state index is 0.141. The molecule has 0 unspecified atom stereocenters. The van der Waals surface area contributed by atoms with Crippen molar-refractivity contribution in [2.45, 2.75) is 33.3 Å². The van der Waals surface area contributed by atoms with Crippen LogP contribution in [0.15, 0.2) is 77.5 Å². The van der Waals surface area contributed by atoms with E-state index in [1.807, 2.05) is 56.3 Å². The summed E-state index contributed by atoms with van der Waals surface area (Å²) in [4.78, 5) is 26.9. The lowest BCUT2D eigenvalue weighted by molar-refractivity contribution is -0.138. The van der Waals surface area contributed by atoms with Gasteiger partial charge in [0.25, 0.3) is 0 Å². The van der Waals surface area contributed by atoms with E-state index in [9.17, 15) is 9.59 Å². The van der Waals surface area contributed by atoms with Crippen molar-refractivity contribution in [1.29, 1.82) is 0 Å². The monoisotopic (exact) mass is 529 g/mol. The topological polar surface area (TPSA) is 73.9 Å². The first kappa shape index (κ1) is 25.6. The molecule has 0 saturated carbocycles. The van der Waals surface area contributed by atoms with Crippen molar-refractivity contribution in [2.24, 2.45) is 0 Å². The number of hydrogen-bond acceptors (Lipinski definition) is 6. The van der Waals surface area contributed by atoms with Crippen molar-refractivity contribution >= 4 is 29.1 Å². The molecule has 1 heterocycles. The zero-order valence-electron chi connectivity index (χ0n) is 21.7. The van der Waals surface area contributed by atoms with E-state index >= 15 is 0 Å². The second-order valence-electron chi connectivity index (χ2n) is 9.29. The molecule has 1 aliphatic carbocycles. The number of ether oxygens (including phenoxy) is 3. The molecule has 3 aromatic rings. The summed E-state index contributed by atoms with van der Waals surface area (Å²) in [5.74, 6) is -0.544. The molecule has 0 fully saturated rings. The molecule has 0 amide bonds. The van der Waals surface area contributed by atoms with Gasteiger partial charge in [0.2, 0.25) is 0 Å². The van der Waals surface area contributed by atoms with Crippen molar-refractivity contribution in [3.63, 3.8) is 0 Å². The molecule has 6 nitrogen and oxygen atoms in total. The molecular weight excluding hydrogens is 502 g/mol. The maximum atomic E-state index is 13.7. The number of fused-ring (bicyclic) bond motifs is 2. The number of carbonyl (C=O) groups excluding carboxylic acids is 2. The zero-order valence-corrected chi connectivity index (χ0v) is 22.4. The quantitative estimate of drug-likeness (QED) is 0.359. The Morgan fingerprint density at radius 3 is 2.42 bits per heavy atom. The summed E-state index contributed by atoms with van der Waals surface area (Å²) in [5.41, 5.74) is 6.32. The molecular formula is C31H28ClNO5. The molecule has 38 heavy (non-hydrogen) atoms. The van der Waals surface area contributed by atoms with Crippen LogP contribution >= 0.6 is 11.6 Å². The highest BCUT2D eigenvalue weighted by Crippen LogP contribution is 2.49. The van der Waals surface area contributed by atoms with Gasteiger partial charge in [-0.15, -0.1) is 0 Å². The third-order valence-corrected chi connectivity index (χ3v) is 7.11. The molecule has 5 rings (SSSR count). The Kier molecular flexibility index (Phi) is 7.00. The van der Waals surface area contributed by atoms with E-state index in [0.29, 0.717) is 56.8 Å². The Morgan fingerprint density at radius 2 is 1.74 bits per heavy atom. The molecule has 0 bridgehead atoms. The fraction of sp³-hybridized carbons (Fsp3) is 0.226. The van der Waals surface area contributed by atoms with Gasteiger partial charge in [-0.2, -0.15) is 0 Å². The SMILES string of the molecule is CCOC(=O)C1=C(C)NC2=C(C(=O)c3ccccc32)[C@@H]1c1cc(Cl)c(OCc2ccc(C)cc2)c(OC)c1. The standard InChI is InChI=1S/C31H28ClNO5/c1-5-37-31(35)25-18(3)33-28-21-8-6-7-9-22(21)29(34)27(28)26(25)20-14-23(32)30(24(15-20)36-4)38-16-19-12-10-17(2)11-13-19/h6-15,26,33H,5,16H2,1-4H3/t26-/m1/s1. The number of halogens is 1. The number of allylic oxidation sites excluding steroid dienone is 2. The highest BCUT2D eigenvalue weighted by molar-refractivity contribution is 6.32. The van der Waals surface area contributed by atoms with Gasteiger partial charge in [0.1, 0.15) is 6.61 Å². The van der Waals surface area contributed by atoms with E-state index in [1.54, 1.807) is 25.1 Å². The van der Waals surface area contributed by atoms with Crippen molar-refractivity contribution < 1.29 is 23.8 Å². The number of esters is 1. The van der Waals surface area contributed by atoms with Crippen molar-refractivity contribution in [1.82, 2.24) is 5.32 Å². The van der Waals surface area contributed by atoms with Crippen LogP contribution in [-0.2, 0) is 16.1 Å². The Labute approximate surface area is 226 Å². The summed E-state index contributed by atoms with van der Waals surface area (Å²) in [5, 5.41) is 3.62. The number of methoxy groups -OCH3 is 1. The summed E-state index contributed by atoms with van der Waals surface area (Å²) >= 11 is 6.76. The molecule has 2 aliphatic rings. The Morgan fingerprint density at radius 1 is 1.03 bits per heavy atom. The van der Waals surface area contributed by atoms with Crippen LogP contribution < -0.4 is 14.8 Å². The predicted octanol–water partition coefficient (Wildman–Crippen LogP) is 6.37. The molecule has 0 spiro atoms. The van der Waals surface area contributed by atoms with E-state index in [-0.39, 0.29) is 12.4 Å². The summed E-state index contributed by atoms with van der Waals surface area (Å²) in [6.07, 6.45) is 0. The minimum atomic E-state index is -0.706. The van der Waals surface area contributed by atoms with Crippen LogP contribution in [0.5, 0.6) is 11.5 Å². The van der Waals surface area contributed by atoms with Crippen LogP contribution in [0.4, 0.5) is 0 Å². The smallest absolute Gasteiger partial charge is 0.336 e. The van der Waals surface area contributed by atoms with Crippen molar-refractivity contribution in [3.8, 4) is 11.5 Å². The van der Waals surface area contributed by atoms with Crippen LogP contribution in [-0.4, -0.2) is 25.5 Å². The van der Waals surface area contributed by atoms with Gasteiger partial charge in [0.15, 0.2) is 17.3 Å². The third kappa shape index (κ3) is 4.45. The van der Waals surface area contributed by atoms with Gasteiger partial charge in [0, 0.05) is 28.3 Å². The highest BCUT2D eigenvalue weighted by Gasteiger charge is 2.43. The lowest BCUT2D eigenvalue weighted by Crippen LogP contribution is -2.29. The van der Waals surface area contributed by atoms with Gasteiger partial charge >= 0.3 is 5.97 Å². The number of aryl methyl sites for hydroxylation is 1.